The van der Waals surface area contributed by atoms with Gasteiger partial charge in [0.2, 0.25) is 0 Å². The molecule has 0 saturated carbocycles. The van der Waals surface area contributed by atoms with Gasteiger partial charge >= 0.3 is 0 Å². The minimum absolute atomic E-state index is 0.414. The van der Waals surface area contributed by atoms with Crippen molar-refractivity contribution < 1.29 is 4.74 Å². The molecule has 1 rings (SSSR count). The molecule has 0 bridgehead atoms. The van der Waals surface area contributed by atoms with Crippen LogP contribution in [0.4, 0.5) is 0 Å². The van der Waals surface area contributed by atoms with Gasteiger partial charge in [-0.05, 0) is 31.2 Å². The van der Waals surface area contributed by atoms with Crippen molar-refractivity contribution in [2.45, 2.75) is 52.2 Å². The molecule has 1 aliphatic heterocycles. The molecule has 0 aromatic carbocycles. The van der Waals surface area contributed by atoms with E-state index in [1.807, 2.05) is 7.11 Å². The van der Waals surface area contributed by atoms with Crippen LogP contribution in [0.3, 0.4) is 0 Å². The molecule has 1 fully saturated rings. The Labute approximate surface area is 100 Å². The average Bonchev–Trinajstić information content (AvgIpc) is 2.25. The second-order valence-corrected chi connectivity index (χ2v) is 6.12. The minimum Gasteiger partial charge on any atom is -0.381 e. The first-order valence-corrected chi connectivity index (χ1v) is 6.43. The van der Waals surface area contributed by atoms with Crippen molar-refractivity contribution in [1.29, 1.82) is 0 Å². The second kappa shape index (κ2) is 5.99. The largest absolute Gasteiger partial charge is 0.381 e. The zero-order chi connectivity index (χ0) is 12.2. The lowest BCUT2D eigenvalue weighted by Gasteiger charge is -2.39. The molecule has 0 amide bonds. The molecule has 0 aromatic heterocycles. The molecule has 0 radical (unpaired) electrons. The quantitative estimate of drug-likeness (QED) is 0.798. The molecule has 1 saturated heterocycles. The molecule has 3 heteroatoms. The molecule has 96 valence electrons. The lowest BCUT2D eigenvalue weighted by atomic mass is 9.90. The van der Waals surface area contributed by atoms with E-state index in [2.05, 4.69) is 25.7 Å². The molecule has 3 nitrogen and oxygen atoms in total. The van der Waals surface area contributed by atoms with E-state index in [4.69, 9.17) is 10.5 Å². The topological polar surface area (TPSA) is 38.5 Å². The minimum atomic E-state index is 0.414. The second-order valence-electron chi connectivity index (χ2n) is 6.12. The predicted molar refractivity (Wildman–Crippen MR) is 68.5 cm³/mol. The van der Waals surface area contributed by atoms with E-state index in [0.717, 1.165) is 25.9 Å². The zero-order valence-corrected chi connectivity index (χ0v) is 11.3. The molecule has 2 N–H and O–H groups in total. The van der Waals surface area contributed by atoms with Gasteiger partial charge in [-0.2, -0.15) is 0 Å². The highest BCUT2D eigenvalue weighted by Gasteiger charge is 2.27. The normalized spacial score (nSPS) is 28.3. The van der Waals surface area contributed by atoms with Crippen LogP contribution in [-0.2, 0) is 4.74 Å². The third kappa shape index (κ3) is 4.40. The van der Waals surface area contributed by atoms with Gasteiger partial charge in [0.15, 0.2) is 0 Å². The van der Waals surface area contributed by atoms with Gasteiger partial charge < -0.3 is 10.5 Å². The summed E-state index contributed by atoms with van der Waals surface area (Å²) in [6.45, 7) is 9.95. The van der Waals surface area contributed by atoms with Crippen LogP contribution >= 0.6 is 0 Å². The summed E-state index contributed by atoms with van der Waals surface area (Å²) in [5, 5.41) is 0. The summed E-state index contributed by atoms with van der Waals surface area (Å²) in [5.74, 6) is 0. The van der Waals surface area contributed by atoms with Crippen molar-refractivity contribution in [1.82, 2.24) is 4.90 Å². The number of hydrogen-bond donors (Lipinski definition) is 1. The van der Waals surface area contributed by atoms with E-state index in [-0.39, 0.29) is 0 Å². The van der Waals surface area contributed by atoms with Crippen LogP contribution in [0, 0.1) is 5.41 Å². The van der Waals surface area contributed by atoms with Crippen molar-refractivity contribution in [3.8, 4) is 0 Å². The first-order valence-electron chi connectivity index (χ1n) is 6.43. The van der Waals surface area contributed by atoms with E-state index in [1.165, 1.54) is 13.0 Å². The average molecular weight is 228 g/mol. The Balaban J connectivity index is 2.41. The summed E-state index contributed by atoms with van der Waals surface area (Å²) < 4.78 is 5.43. The van der Waals surface area contributed by atoms with Gasteiger partial charge in [-0.3, -0.25) is 4.90 Å². The Kier molecular flexibility index (Phi) is 5.22. The Morgan fingerprint density at radius 2 is 2.06 bits per heavy atom. The highest BCUT2D eigenvalue weighted by molar-refractivity contribution is 4.83. The van der Waals surface area contributed by atoms with Crippen LogP contribution in [0.1, 0.15) is 40.0 Å². The van der Waals surface area contributed by atoms with Crippen molar-refractivity contribution in [2.24, 2.45) is 11.1 Å². The summed E-state index contributed by atoms with van der Waals surface area (Å²) >= 11 is 0. The van der Waals surface area contributed by atoms with Gasteiger partial charge in [0, 0.05) is 26.2 Å². The van der Waals surface area contributed by atoms with Crippen LogP contribution < -0.4 is 5.73 Å². The molecular formula is C13H28N2O. The lowest BCUT2D eigenvalue weighted by molar-refractivity contribution is 0.0101. The SMILES string of the molecule is COC1CCN(CCC(C)(C)C)C(CN)C1. The predicted octanol–water partition coefficient (Wildman–Crippen LogP) is 1.86. The molecule has 1 aliphatic rings. The highest BCUT2D eigenvalue weighted by atomic mass is 16.5. The maximum Gasteiger partial charge on any atom is 0.0599 e. The third-order valence-electron chi connectivity index (χ3n) is 3.54. The first kappa shape index (κ1) is 13.9. The summed E-state index contributed by atoms with van der Waals surface area (Å²) in [4.78, 5) is 2.54. The molecule has 0 aliphatic carbocycles. The zero-order valence-electron chi connectivity index (χ0n) is 11.3. The number of piperidine rings is 1. The Bertz CT molecular complexity index is 201. The number of likely N-dealkylation sites (tertiary alicyclic amines) is 1. The number of nitrogens with two attached hydrogens (primary N) is 1. The van der Waals surface area contributed by atoms with E-state index >= 15 is 0 Å². The summed E-state index contributed by atoms with van der Waals surface area (Å²) in [6.07, 6.45) is 3.90. The van der Waals surface area contributed by atoms with E-state index in [0.29, 0.717) is 17.6 Å². The van der Waals surface area contributed by atoms with E-state index in [9.17, 15) is 0 Å². The molecule has 1 heterocycles. The van der Waals surface area contributed by atoms with E-state index in [1.54, 1.807) is 0 Å². The van der Waals surface area contributed by atoms with Crippen molar-refractivity contribution in [3.05, 3.63) is 0 Å². The fourth-order valence-corrected chi connectivity index (χ4v) is 2.30. The van der Waals surface area contributed by atoms with Gasteiger partial charge in [-0.1, -0.05) is 20.8 Å². The number of nitrogens with zero attached hydrogens (tertiary/aromatic N) is 1. The van der Waals surface area contributed by atoms with Crippen LogP contribution in [0.5, 0.6) is 0 Å². The van der Waals surface area contributed by atoms with Crippen molar-refractivity contribution in [2.75, 3.05) is 26.7 Å². The van der Waals surface area contributed by atoms with Gasteiger partial charge in [0.05, 0.1) is 6.10 Å². The maximum atomic E-state index is 5.85. The monoisotopic (exact) mass is 228 g/mol. The van der Waals surface area contributed by atoms with E-state index < -0.39 is 0 Å². The first-order chi connectivity index (χ1) is 7.46. The van der Waals surface area contributed by atoms with Crippen LogP contribution in [0.25, 0.3) is 0 Å². The number of methoxy groups -OCH3 is 1. The maximum absolute atomic E-state index is 5.85. The summed E-state index contributed by atoms with van der Waals surface area (Å²) in [7, 11) is 1.81. The molecular weight excluding hydrogens is 200 g/mol. The van der Waals surface area contributed by atoms with Crippen molar-refractivity contribution >= 4 is 0 Å². The Hall–Kier alpha value is -0.120. The fourth-order valence-electron chi connectivity index (χ4n) is 2.30. The fraction of sp³-hybridized carbons (Fsp3) is 1.00. The van der Waals surface area contributed by atoms with Gasteiger partial charge in [-0.15, -0.1) is 0 Å². The standard InChI is InChI=1S/C13H28N2O/c1-13(2,3)6-8-15-7-5-12(16-4)9-11(15)10-14/h11-12H,5-10,14H2,1-4H3. The van der Waals surface area contributed by atoms with Gasteiger partial charge in [0.25, 0.3) is 0 Å². The number of ether oxygens (including phenoxy) is 1. The lowest BCUT2D eigenvalue weighted by Crippen LogP contribution is -2.49. The Morgan fingerprint density at radius 1 is 1.38 bits per heavy atom. The Morgan fingerprint density at radius 3 is 2.56 bits per heavy atom. The van der Waals surface area contributed by atoms with Gasteiger partial charge in [-0.25, -0.2) is 0 Å². The molecule has 0 spiro atoms. The third-order valence-corrected chi connectivity index (χ3v) is 3.54. The number of hydrogen-bond acceptors (Lipinski definition) is 3. The molecule has 2 atom stereocenters. The van der Waals surface area contributed by atoms with Crippen molar-refractivity contribution in [3.63, 3.8) is 0 Å². The van der Waals surface area contributed by atoms with Crippen LogP contribution in [0.2, 0.25) is 0 Å². The molecule has 2 unspecified atom stereocenters. The smallest absolute Gasteiger partial charge is 0.0599 e. The molecule has 16 heavy (non-hydrogen) atoms. The number of rotatable bonds is 4. The molecule has 0 aromatic rings. The van der Waals surface area contributed by atoms with Gasteiger partial charge in [0.1, 0.15) is 0 Å². The van der Waals surface area contributed by atoms with Crippen LogP contribution in [0.15, 0.2) is 0 Å². The summed E-state index contributed by atoms with van der Waals surface area (Å²) in [6, 6.07) is 0.515. The van der Waals surface area contributed by atoms with Crippen LogP contribution in [-0.4, -0.2) is 43.8 Å². The highest BCUT2D eigenvalue weighted by Crippen LogP contribution is 2.23. The summed E-state index contributed by atoms with van der Waals surface area (Å²) in [5.41, 5.74) is 6.27.